The first-order valence-electron chi connectivity index (χ1n) is 4.23. The number of nitrogen functional groups attached to an aromatic ring is 1. The number of nitrogens with zero attached hydrogens (tertiary/aromatic N) is 1. The number of carbonyl (C=O) groups excluding carboxylic acids is 1. The average Bonchev–Trinajstić information content (AvgIpc) is 2.15. The molecule has 0 atom stereocenters. The van der Waals surface area contributed by atoms with Gasteiger partial charge in [-0.05, 0) is 12.1 Å². The maximum Gasteiger partial charge on any atom is 0.433 e. The zero-order valence-corrected chi connectivity index (χ0v) is 8.34. The number of nitrogens with two attached hydrogens (primary N) is 1. The minimum Gasteiger partial charge on any atom is -0.469 e. The molecule has 0 saturated heterocycles. The first-order chi connectivity index (χ1) is 7.32. The van der Waals surface area contributed by atoms with Gasteiger partial charge in [0.25, 0.3) is 0 Å². The van der Waals surface area contributed by atoms with Crippen molar-refractivity contribution in [1.82, 2.24) is 4.98 Å². The zero-order valence-electron chi connectivity index (χ0n) is 8.34. The maximum atomic E-state index is 12.3. The number of ether oxygens (including phenoxy) is 1. The summed E-state index contributed by atoms with van der Waals surface area (Å²) in [6.45, 7) is 0. The van der Waals surface area contributed by atoms with Gasteiger partial charge in [-0.3, -0.25) is 4.79 Å². The SMILES string of the molecule is COC(=O)Cc1cc(N)cc(C(F)(F)F)n1. The van der Waals surface area contributed by atoms with E-state index in [1.165, 1.54) is 6.07 Å². The predicted molar refractivity (Wildman–Crippen MR) is 49.4 cm³/mol. The van der Waals surface area contributed by atoms with Gasteiger partial charge in [0.15, 0.2) is 0 Å². The molecule has 0 aliphatic carbocycles. The quantitative estimate of drug-likeness (QED) is 0.785. The molecule has 1 aromatic heterocycles. The molecule has 0 saturated carbocycles. The van der Waals surface area contributed by atoms with E-state index in [9.17, 15) is 18.0 Å². The second-order valence-corrected chi connectivity index (χ2v) is 3.03. The molecular weight excluding hydrogens is 225 g/mol. The van der Waals surface area contributed by atoms with Crippen LogP contribution >= 0.6 is 0 Å². The third-order valence-electron chi connectivity index (χ3n) is 1.74. The largest absolute Gasteiger partial charge is 0.469 e. The van der Waals surface area contributed by atoms with Crippen molar-refractivity contribution in [2.24, 2.45) is 0 Å². The van der Waals surface area contributed by atoms with Gasteiger partial charge in [0, 0.05) is 5.69 Å². The Morgan fingerprint density at radius 1 is 1.50 bits per heavy atom. The van der Waals surface area contributed by atoms with E-state index in [0.717, 1.165) is 7.11 Å². The van der Waals surface area contributed by atoms with E-state index in [-0.39, 0.29) is 17.8 Å². The summed E-state index contributed by atoms with van der Waals surface area (Å²) >= 11 is 0. The van der Waals surface area contributed by atoms with Crippen molar-refractivity contribution in [3.05, 3.63) is 23.5 Å². The molecule has 0 aromatic carbocycles. The summed E-state index contributed by atoms with van der Waals surface area (Å²) in [4.78, 5) is 14.2. The highest BCUT2D eigenvalue weighted by molar-refractivity contribution is 5.72. The number of hydrogen-bond donors (Lipinski definition) is 1. The number of hydrogen-bond acceptors (Lipinski definition) is 4. The Labute approximate surface area is 89.2 Å². The van der Waals surface area contributed by atoms with Gasteiger partial charge in [-0.25, -0.2) is 4.98 Å². The van der Waals surface area contributed by atoms with Crippen molar-refractivity contribution in [1.29, 1.82) is 0 Å². The highest BCUT2D eigenvalue weighted by Gasteiger charge is 2.33. The summed E-state index contributed by atoms with van der Waals surface area (Å²) in [7, 11) is 1.14. The lowest BCUT2D eigenvalue weighted by Gasteiger charge is -2.08. The monoisotopic (exact) mass is 234 g/mol. The molecule has 1 heterocycles. The summed E-state index contributed by atoms with van der Waals surface area (Å²) in [5.74, 6) is -0.675. The number of methoxy groups -OCH3 is 1. The zero-order chi connectivity index (χ0) is 12.3. The normalized spacial score (nSPS) is 11.2. The average molecular weight is 234 g/mol. The number of pyridine rings is 1. The first kappa shape index (κ1) is 12.3. The van der Waals surface area contributed by atoms with Gasteiger partial charge < -0.3 is 10.5 Å². The number of esters is 1. The van der Waals surface area contributed by atoms with Gasteiger partial charge in [-0.1, -0.05) is 0 Å². The molecule has 0 fully saturated rings. The molecule has 7 heteroatoms. The van der Waals surface area contributed by atoms with Crippen LogP contribution in [0, 0.1) is 0 Å². The summed E-state index contributed by atoms with van der Waals surface area (Å²) in [5, 5.41) is 0. The van der Waals surface area contributed by atoms with E-state index in [4.69, 9.17) is 5.73 Å². The Bertz CT molecular complexity index is 404. The van der Waals surface area contributed by atoms with Crippen LogP contribution in [-0.2, 0) is 22.1 Å². The van der Waals surface area contributed by atoms with Gasteiger partial charge in [0.2, 0.25) is 0 Å². The predicted octanol–water partition coefficient (Wildman–Crippen LogP) is 1.40. The molecule has 0 radical (unpaired) electrons. The number of rotatable bonds is 2. The Morgan fingerprint density at radius 3 is 2.62 bits per heavy atom. The number of carbonyl (C=O) groups is 1. The maximum absolute atomic E-state index is 12.3. The third kappa shape index (κ3) is 3.11. The summed E-state index contributed by atoms with van der Waals surface area (Å²) in [6, 6.07) is 1.91. The molecule has 0 amide bonds. The van der Waals surface area contributed by atoms with Gasteiger partial charge in [-0.15, -0.1) is 0 Å². The van der Waals surface area contributed by atoms with Crippen molar-refractivity contribution >= 4 is 11.7 Å². The van der Waals surface area contributed by atoms with Gasteiger partial charge >= 0.3 is 12.1 Å². The van der Waals surface area contributed by atoms with E-state index in [1.807, 2.05) is 0 Å². The van der Waals surface area contributed by atoms with Gasteiger partial charge in [0.1, 0.15) is 5.69 Å². The molecule has 88 valence electrons. The molecule has 0 bridgehead atoms. The summed E-state index contributed by atoms with van der Waals surface area (Å²) in [5.41, 5.74) is 4.00. The Morgan fingerprint density at radius 2 is 2.12 bits per heavy atom. The van der Waals surface area contributed by atoms with E-state index in [2.05, 4.69) is 9.72 Å². The molecule has 1 rings (SSSR count). The summed E-state index contributed by atoms with van der Waals surface area (Å²) in [6.07, 6.45) is -4.93. The van der Waals surface area contributed by atoms with Crippen LogP contribution in [0.2, 0.25) is 0 Å². The Kier molecular flexibility index (Phi) is 3.36. The fourth-order valence-electron chi connectivity index (χ4n) is 1.07. The molecule has 0 aliphatic rings. The van der Waals surface area contributed by atoms with Crippen LogP contribution in [0.1, 0.15) is 11.4 Å². The van der Waals surface area contributed by atoms with Crippen LogP contribution < -0.4 is 5.73 Å². The molecule has 0 aliphatic heterocycles. The van der Waals surface area contributed by atoms with Crippen molar-refractivity contribution in [2.75, 3.05) is 12.8 Å². The number of halogens is 3. The lowest BCUT2D eigenvalue weighted by Crippen LogP contribution is -2.13. The minimum absolute atomic E-state index is 0.0702. The Balaban J connectivity index is 3.04. The van der Waals surface area contributed by atoms with Crippen LogP contribution in [0.25, 0.3) is 0 Å². The number of alkyl halides is 3. The van der Waals surface area contributed by atoms with Crippen molar-refractivity contribution in [2.45, 2.75) is 12.6 Å². The Hall–Kier alpha value is -1.79. The van der Waals surface area contributed by atoms with Crippen LogP contribution in [-0.4, -0.2) is 18.1 Å². The van der Waals surface area contributed by atoms with E-state index >= 15 is 0 Å². The number of anilines is 1. The molecule has 1 aromatic rings. The van der Waals surface area contributed by atoms with Crippen LogP contribution in [0.15, 0.2) is 12.1 Å². The van der Waals surface area contributed by atoms with Crippen molar-refractivity contribution < 1.29 is 22.7 Å². The second-order valence-electron chi connectivity index (χ2n) is 3.03. The molecule has 2 N–H and O–H groups in total. The topological polar surface area (TPSA) is 65.2 Å². The standard InChI is InChI=1S/C9H9F3N2O2/c1-16-8(15)4-6-2-5(13)3-7(14-6)9(10,11)12/h2-3H,4H2,1H3,(H2,13,14). The van der Waals surface area contributed by atoms with Crippen LogP contribution in [0.3, 0.4) is 0 Å². The summed E-state index contributed by atoms with van der Waals surface area (Å²) < 4.78 is 41.3. The van der Waals surface area contributed by atoms with Crippen molar-refractivity contribution in [3.63, 3.8) is 0 Å². The second kappa shape index (κ2) is 4.38. The fraction of sp³-hybridized carbons (Fsp3) is 0.333. The van der Waals surface area contributed by atoms with Crippen molar-refractivity contribution in [3.8, 4) is 0 Å². The van der Waals surface area contributed by atoms with E-state index in [1.54, 1.807) is 0 Å². The number of aromatic nitrogens is 1. The fourth-order valence-corrected chi connectivity index (χ4v) is 1.07. The molecule has 4 nitrogen and oxygen atoms in total. The van der Waals surface area contributed by atoms with Gasteiger partial charge in [0.05, 0.1) is 19.2 Å². The smallest absolute Gasteiger partial charge is 0.433 e. The van der Waals surface area contributed by atoms with Gasteiger partial charge in [-0.2, -0.15) is 13.2 Å². The first-order valence-corrected chi connectivity index (χ1v) is 4.23. The molecular formula is C9H9F3N2O2. The lowest BCUT2D eigenvalue weighted by atomic mass is 10.2. The van der Waals surface area contributed by atoms with E-state index in [0.29, 0.717) is 6.07 Å². The van der Waals surface area contributed by atoms with Crippen LogP contribution in [0.5, 0.6) is 0 Å². The molecule has 16 heavy (non-hydrogen) atoms. The van der Waals surface area contributed by atoms with Crippen LogP contribution in [0.4, 0.5) is 18.9 Å². The molecule has 0 spiro atoms. The third-order valence-corrected chi connectivity index (χ3v) is 1.74. The highest BCUT2D eigenvalue weighted by atomic mass is 19.4. The minimum atomic E-state index is -4.58. The van der Waals surface area contributed by atoms with E-state index < -0.39 is 17.8 Å². The highest BCUT2D eigenvalue weighted by Crippen LogP contribution is 2.29. The molecule has 0 unspecified atom stereocenters. The lowest BCUT2D eigenvalue weighted by molar-refractivity contribution is -0.142.